The van der Waals surface area contributed by atoms with Crippen LogP contribution in [-0.2, 0) is 0 Å². The van der Waals surface area contributed by atoms with Gasteiger partial charge < -0.3 is 5.32 Å². The van der Waals surface area contributed by atoms with E-state index in [4.69, 9.17) is 0 Å². The minimum absolute atomic E-state index is 0.323. The van der Waals surface area contributed by atoms with Crippen LogP contribution >= 0.6 is 0 Å². The molecule has 2 aliphatic rings. The van der Waals surface area contributed by atoms with Gasteiger partial charge in [-0.25, -0.2) is 0 Å². The average Bonchev–Trinajstić information content (AvgIpc) is 3.18. The van der Waals surface area contributed by atoms with Crippen LogP contribution in [0.1, 0.15) is 29.5 Å². The quantitative estimate of drug-likeness (QED) is 0.623. The van der Waals surface area contributed by atoms with Crippen LogP contribution in [0.4, 0.5) is 5.69 Å². The molecule has 1 aromatic heterocycles. The first-order valence-corrected chi connectivity index (χ1v) is 8.92. The topological polar surface area (TPSA) is 24.9 Å². The molecule has 5 rings (SSSR count). The normalized spacial score (nSPS) is 23.6. The van der Waals surface area contributed by atoms with Crippen molar-refractivity contribution in [2.45, 2.75) is 18.4 Å². The maximum atomic E-state index is 4.32. The van der Waals surface area contributed by atoms with Crippen molar-refractivity contribution >= 4 is 5.69 Å². The molecule has 122 valence electrons. The van der Waals surface area contributed by atoms with Crippen LogP contribution in [0.5, 0.6) is 0 Å². The summed E-state index contributed by atoms with van der Waals surface area (Å²) in [4.78, 5) is 4.32. The highest BCUT2D eigenvalue weighted by Gasteiger charge is 2.37. The standard InChI is InChI=1S/C23H20N2/c1-2-6-16(7-3-1)17-11-12-22-21(14-17)19-9-4-10-20(19)23(25-22)18-8-5-13-24-15-18/h1-9,11-15,19-20,23,25H,10H2/t19-,20+,23+/m1/s1. The molecule has 2 nitrogen and oxygen atoms in total. The van der Waals surface area contributed by atoms with E-state index in [2.05, 4.69) is 77.1 Å². The first-order valence-electron chi connectivity index (χ1n) is 8.92. The van der Waals surface area contributed by atoms with Crippen LogP contribution in [0.2, 0.25) is 0 Å². The molecular formula is C23H20N2. The van der Waals surface area contributed by atoms with Crippen LogP contribution < -0.4 is 5.32 Å². The summed E-state index contributed by atoms with van der Waals surface area (Å²) in [5.74, 6) is 1.04. The number of hydrogen-bond donors (Lipinski definition) is 1. The molecule has 0 saturated carbocycles. The second-order valence-electron chi connectivity index (χ2n) is 6.93. The van der Waals surface area contributed by atoms with Gasteiger partial charge in [-0.1, -0.05) is 54.6 Å². The van der Waals surface area contributed by atoms with Gasteiger partial charge in [0.05, 0.1) is 6.04 Å². The predicted octanol–water partition coefficient (Wildman–Crippen LogP) is 5.58. The molecule has 0 spiro atoms. The zero-order valence-corrected chi connectivity index (χ0v) is 14.0. The van der Waals surface area contributed by atoms with Crippen LogP contribution in [-0.4, -0.2) is 4.98 Å². The molecular weight excluding hydrogens is 304 g/mol. The third kappa shape index (κ3) is 2.45. The summed E-state index contributed by atoms with van der Waals surface area (Å²) in [6.45, 7) is 0. The number of allylic oxidation sites excluding steroid dienone is 2. The number of nitrogens with one attached hydrogen (secondary N) is 1. The van der Waals surface area contributed by atoms with E-state index in [9.17, 15) is 0 Å². The summed E-state index contributed by atoms with van der Waals surface area (Å²) >= 11 is 0. The number of anilines is 1. The number of hydrogen-bond acceptors (Lipinski definition) is 2. The molecule has 0 radical (unpaired) electrons. The van der Waals surface area contributed by atoms with Crippen molar-refractivity contribution in [1.82, 2.24) is 4.98 Å². The van der Waals surface area contributed by atoms with Crippen LogP contribution in [0, 0.1) is 5.92 Å². The fourth-order valence-electron chi connectivity index (χ4n) is 4.29. The van der Waals surface area contributed by atoms with E-state index in [1.54, 1.807) is 0 Å². The lowest BCUT2D eigenvalue weighted by molar-refractivity contribution is 0.425. The van der Waals surface area contributed by atoms with E-state index in [1.165, 1.54) is 27.9 Å². The molecule has 25 heavy (non-hydrogen) atoms. The summed E-state index contributed by atoms with van der Waals surface area (Å²) in [5.41, 5.74) is 6.51. The molecule has 1 N–H and O–H groups in total. The van der Waals surface area contributed by atoms with Gasteiger partial charge in [-0.2, -0.15) is 0 Å². The summed E-state index contributed by atoms with van der Waals surface area (Å²) in [7, 11) is 0. The maximum absolute atomic E-state index is 4.32. The fraction of sp³-hybridized carbons (Fsp3) is 0.174. The van der Waals surface area contributed by atoms with Gasteiger partial charge in [-0.05, 0) is 52.8 Å². The molecule has 3 atom stereocenters. The average molecular weight is 324 g/mol. The summed E-state index contributed by atoms with van der Waals surface area (Å²) in [6.07, 6.45) is 9.69. The van der Waals surface area contributed by atoms with E-state index in [0.29, 0.717) is 17.9 Å². The Bertz CT molecular complexity index is 915. The molecule has 1 aliphatic heterocycles. The number of fused-ring (bicyclic) bond motifs is 3. The van der Waals surface area contributed by atoms with E-state index >= 15 is 0 Å². The largest absolute Gasteiger partial charge is 0.378 e. The van der Waals surface area contributed by atoms with Gasteiger partial charge in [0.15, 0.2) is 0 Å². The Morgan fingerprint density at radius 3 is 2.68 bits per heavy atom. The lowest BCUT2D eigenvalue weighted by Gasteiger charge is -2.37. The van der Waals surface area contributed by atoms with Crippen molar-refractivity contribution in [2.75, 3.05) is 5.32 Å². The maximum Gasteiger partial charge on any atom is 0.0569 e. The van der Waals surface area contributed by atoms with E-state index in [0.717, 1.165) is 6.42 Å². The van der Waals surface area contributed by atoms with Crippen molar-refractivity contribution in [3.05, 3.63) is 96.3 Å². The summed E-state index contributed by atoms with van der Waals surface area (Å²) in [5, 5.41) is 3.78. The molecule has 0 amide bonds. The van der Waals surface area contributed by atoms with Crippen molar-refractivity contribution in [1.29, 1.82) is 0 Å². The van der Waals surface area contributed by atoms with Crippen molar-refractivity contribution in [3.8, 4) is 11.1 Å². The molecule has 0 fully saturated rings. The number of aromatic nitrogens is 1. The number of pyridine rings is 1. The minimum atomic E-state index is 0.323. The third-order valence-corrected chi connectivity index (χ3v) is 5.51. The van der Waals surface area contributed by atoms with E-state index in [-0.39, 0.29) is 0 Å². The monoisotopic (exact) mass is 324 g/mol. The number of benzene rings is 2. The Morgan fingerprint density at radius 1 is 0.920 bits per heavy atom. The highest BCUT2D eigenvalue weighted by atomic mass is 15.0. The highest BCUT2D eigenvalue weighted by molar-refractivity contribution is 5.71. The van der Waals surface area contributed by atoms with Gasteiger partial charge in [-0.3, -0.25) is 4.98 Å². The van der Waals surface area contributed by atoms with Crippen molar-refractivity contribution in [3.63, 3.8) is 0 Å². The Hall–Kier alpha value is -2.87. The number of nitrogens with zero attached hydrogens (tertiary/aromatic N) is 1. The first-order chi connectivity index (χ1) is 12.4. The molecule has 0 saturated heterocycles. The van der Waals surface area contributed by atoms with Crippen molar-refractivity contribution < 1.29 is 0 Å². The Morgan fingerprint density at radius 2 is 1.84 bits per heavy atom. The molecule has 2 heteroatoms. The summed E-state index contributed by atoms with van der Waals surface area (Å²) < 4.78 is 0. The lowest BCUT2D eigenvalue weighted by atomic mass is 9.76. The molecule has 2 aromatic carbocycles. The number of rotatable bonds is 2. The second-order valence-corrected chi connectivity index (χ2v) is 6.93. The molecule has 0 unspecified atom stereocenters. The Balaban J connectivity index is 1.58. The molecule has 3 aromatic rings. The zero-order valence-electron chi connectivity index (χ0n) is 14.0. The molecule has 1 aliphatic carbocycles. The van der Waals surface area contributed by atoms with Gasteiger partial charge in [0.2, 0.25) is 0 Å². The molecule has 2 heterocycles. The Labute approximate surface area is 148 Å². The first kappa shape index (κ1) is 14.5. The van der Waals surface area contributed by atoms with Gasteiger partial charge in [0.1, 0.15) is 0 Å². The van der Waals surface area contributed by atoms with E-state index < -0.39 is 0 Å². The predicted molar refractivity (Wildman–Crippen MR) is 102 cm³/mol. The smallest absolute Gasteiger partial charge is 0.0569 e. The van der Waals surface area contributed by atoms with Gasteiger partial charge in [-0.15, -0.1) is 0 Å². The minimum Gasteiger partial charge on any atom is -0.378 e. The Kier molecular flexibility index (Phi) is 3.41. The fourth-order valence-corrected chi connectivity index (χ4v) is 4.29. The lowest BCUT2D eigenvalue weighted by Crippen LogP contribution is -2.29. The zero-order chi connectivity index (χ0) is 16.6. The van der Waals surface area contributed by atoms with Gasteiger partial charge in [0.25, 0.3) is 0 Å². The van der Waals surface area contributed by atoms with Crippen LogP contribution in [0.3, 0.4) is 0 Å². The second kappa shape index (κ2) is 5.89. The third-order valence-electron chi connectivity index (χ3n) is 5.51. The SMILES string of the molecule is C1=C[C@H]2c3cc(-c4ccccc4)ccc3N[C@@H](c3cccnc3)[C@H]2C1. The van der Waals surface area contributed by atoms with Crippen molar-refractivity contribution in [2.24, 2.45) is 5.92 Å². The van der Waals surface area contributed by atoms with Gasteiger partial charge >= 0.3 is 0 Å². The van der Waals surface area contributed by atoms with Crippen LogP contribution in [0.25, 0.3) is 11.1 Å². The van der Waals surface area contributed by atoms with E-state index in [1.807, 2.05) is 18.5 Å². The highest BCUT2D eigenvalue weighted by Crippen LogP contribution is 2.50. The summed E-state index contributed by atoms with van der Waals surface area (Å²) in [6, 6.07) is 22.0. The van der Waals surface area contributed by atoms with Gasteiger partial charge in [0, 0.05) is 24.0 Å². The van der Waals surface area contributed by atoms with Crippen LogP contribution in [0.15, 0.2) is 85.2 Å². The molecule has 0 bridgehead atoms.